The summed E-state index contributed by atoms with van der Waals surface area (Å²) in [5.41, 5.74) is 0. The molecule has 0 saturated carbocycles. The molecule has 6 nitrogen and oxygen atoms in total. The van der Waals surface area contributed by atoms with Gasteiger partial charge in [-0.2, -0.15) is 5.10 Å². The Morgan fingerprint density at radius 2 is 2.14 bits per heavy atom. The largest absolute Gasteiger partial charge is 0.484 e. The van der Waals surface area contributed by atoms with Crippen LogP contribution in [0.5, 0.6) is 5.75 Å². The van der Waals surface area contributed by atoms with Gasteiger partial charge >= 0.3 is 0 Å². The molecule has 2 rings (SSSR count). The zero-order chi connectivity index (χ0) is 15.4. The van der Waals surface area contributed by atoms with Gasteiger partial charge in [-0.25, -0.2) is 4.98 Å². The van der Waals surface area contributed by atoms with Crippen molar-refractivity contribution in [3.8, 4) is 5.75 Å². The van der Waals surface area contributed by atoms with E-state index in [1.165, 1.54) is 4.90 Å². The summed E-state index contributed by atoms with van der Waals surface area (Å²) >= 11 is 11.7. The van der Waals surface area contributed by atoms with Crippen LogP contribution in [0.1, 0.15) is 11.6 Å². The van der Waals surface area contributed by atoms with Crippen molar-refractivity contribution >= 4 is 29.1 Å². The van der Waals surface area contributed by atoms with Crippen molar-refractivity contribution < 1.29 is 9.53 Å². The molecule has 1 N–H and O–H groups in total. The first-order valence-electron chi connectivity index (χ1n) is 6.15. The Labute approximate surface area is 132 Å². The van der Waals surface area contributed by atoms with E-state index in [2.05, 4.69) is 15.2 Å². The van der Waals surface area contributed by atoms with Gasteiger partial charge in [0.15, 0.2) is 12.4 Å². The standard InChI is InChI=1S/C13H14Cl2N4O2/c1-8-16-12(18-17-8)6-19(2)13(20)7-21-9-3-4-10(14)11(15)5-9/h3-5H,6-7H2,1-2H3,(H,16,17,18). The maximum atomic E-state index is 12.0. The van der Waals surface area contributed by atoms with Crippen molar-refractivity contribution in [3.63, 3.8) is 0 Å². The van der Waals surface area contributed by atoms with Crippen LogP contribution in [0.15, 0.2) is 18.2 Å². The zero-order valence-corrected chi connectivity index (χ0v) is 13.1. The number of aryl methyl sites for hydroxylation is 1. The molecule has 0 radical (unpaired) electrons. The minimum absolute atomic E-state index is 0.0993. The first-order chi connectivity index (χ1) is 9.95. The minimum Gasteiger partial charge on any atom is -0.484 e. The second-order valence-corrected chi connectivity index (χ2v) is 5.27. The molecular weight excluding hydrogens is 315 g/mol. The fraction of sp³-hybridized carbons (Fsp3) is 0.308. The van der Waals surface area contributed by atoms with Crippen LogP contribution in [0.3, 0.4) is 0 Å². The second kappa shape index (κ2) is 6.78. The lowest BCUT2D eigenvalue weighted by molar-refractivity contribution is -0.132. The third-order valence-electron chi connectivity index (χ3n) is 2.70. The van der Waals surface area contributed by atoms with Crippen LogP contribution in [-0.4, -0.2) is 39.6 Å². The van der Waals surface area contributed by atoms with Crippen LogP contribution in [-0.2, 0) is 11.3 Å². The summed E-state index contributed by atoms with van der Waals surface area (Å²) in [4.78, 5) is 17.6. The number of carbonyl (C=O) groups excluding carboxylic acids is 1. The number of ether oxygens (including phenoxy) is 1. The molecule has 21 heavy (non-hydrogen) atoms. The van der Waals surface area contributed by atoms with Crippen molar-refractivity contribution in [1.82, 2.24) is 20.1 Å². The molecule has 1 heterocycles. The molecule has 2 aromatic rings. The van der Waals surface area contributed by atoms with Gasteiger partial charge < -0.3 is 9.64 Å². The Kier molecular flexibility index (Phi) is 5.03. The van der Waals surface area contributed by atoms with Crippen LogP contribution in [0.4, 0.5) is 0 Å². The van der Waals surface area contributed by atoms with E-state index in [0.717, 1.165) is 0 Å². The van der Waals surface area contributed by atoms with Gasteiger partial charge in [-0.05, 0) is 19.1 Å². The zero-order valence-electron chi connectivity index (χ0n) is 11.6. The van der Waals surface area contributed by atoms with Crippen molar-refractivity contribution in [2.24, 2.45) is 0 Å². The quantitative estimate of drug-likeness (QED) is 0.915. The Morgan fingerprint density at radius 3 is 2.76 bits per heavy atom. The maximum absolute atomic E-state index is 12.0. The van der Waals surface area contributed by atoms with Crippen molar-refractivity contribution in [2.75, 3.05) is 13.7 Å². The molecule has 0 fully saturated rings. The van der Waals surface area contributed by atoms with Gasteiger partial charge in [0.05, 0.1) is 16.6 Å². The number of nitrogens with one attached hydrogen (secondary N) is 1. The van der Waals surface area contributed by atoms with E-state index in [0.29, 0.717) is 34.0 Å². The molecule has 0 bridgehead atoms. The number of benzene rings is 1. The van der Waals surface area contributed by atoms with E-state index in [4.69, 9.17) is 27.9 Å². The Bertz CT molecular complexity index is 645. The van der Waals surface area contributed by atoms with Crippen LogP contribution < -0.4 is 4.74 Å². The number of amides is 1. The molecule has 0 aliphatic heterocycles. The molecule has 8 heteroatoms. The van der Waals surface area contributed by atoms with Crippen LogP contribution in [0, 0.1) is 6.92 Å². The molecule has 1 amide bonds. The van der Waals surface area contributed by atoms with E-state index in [-0.39, 0.29) is 12.5 Å². The number of nitrogens with zero attached hydrogens (tertiary/aromatic N) is 3. The molecular formula is C13H14Cl2N4O2. The van der Waals surface area contributed by atoms with E-state index in [1.54, 1.807) is 32.2 Å². The molecule has 1 aromatic heterocycles. The third-order valence-corrected chi connectivity index (χ3v) is 3.44. The van der Waals surface area contributed by atoms with E-state index in [1.807, 2.05) is 0 Å². The average molecular weight is 329 g/mol. The van der Waals surface area contributed by atoms with Gasteiger partial charge in [0.1, 0.15) is 11.6 Å². The molecule has 0 atom stereocenters. The van der Waals surface area contributed by atoms with Gasteiger partial charge in [-0.15, -0.1) is 0 Å². The first-order valence-corrected chi connectivity index (χ1v) is 6.91. The van der Waals surface area contributed by atoms with Crippen LogP contribution in [0.2, 0.25) is 10.0 Å². The first kappa shape index (κ1) is 15.6. The highest BCUT2D eigenvalue weighted by Crippen LogP contribution is 2.26. The molecule has 112 valence electrons. The second-order valence-electron chi connectivity index (χ2n) is 4.45. The SMILES string of the molecule is Cc1nc(CN(C)C(=O)COc2ccc(Cl)c(Cl)c2)n[nH]1. The summed E-state index contributed by atoms with van der Waals surface area (Å²) < 4.78 is 5.38. The molecule has 1 aromatic carbocycles. The lowest BCUT2D eigenvalue weighted by atomic mass is 10.3. The summed E-state index contributed by atoms with van der Waals surface area (Å²) in [6.07, 6.45) is 0. The highest BCUT2D eigenvalue weighted by atomic mass is 35.5. The molecule has 0 spiro atoms. The van der Waals surface area contributed by atoms with Crippen LogP contribution >= 0.6 is 23.2 Å². The third kappa shape index (κ3) is 4.34. The summed E-state index contributed by atoms with van der Waals surface area (Å²) in [6, 6.07) is 4.83. The van der Waals surface area contributed by atoms with E-state index < -0.39 is 0 Å². The fourth-order valence-electron chi connectivity index (χ4n) is 1.58. The van der Waals surface area contributed by atoms with Crippen molar-refractivity contribution in [1.29, 1.82) is 0 Å². The number of hydrogen-bond donors (Lipinski definition) is 1. The number of likely N-dealkylation sites (N-methyl/N-ethyl adjacent to an activating group) is 1. The molecule has 0 unspecified atom stereocenters. The topological polar surface area (TPSA) is 71.1 Å². The number of hydrogen-bond acceptors (Lipinski definition) is 4. The molecule has 0 aliphatic carbocycles. The normalized spacial score (nSPS) is 10.5. The number of carbonyl (C=O) groups is 1. The van der Waals surface area contributed by atoms with E-state index in [9.17, 15) is 4.79 Å². The van der Waals surface area contributed by atoms with E-state index >= 15 is 0 Å². The van der Waals surface area contributed by atoms with Gasteiger partial charge in [-0.1, -0.05) is 23.2 Å². The average Bonchev–Trinajstić information content (AvgIpc) is 2.85. The molecule has 0 saturated heterocycles. The number of rotatable bonds is 5. The minimum atomic E-state index is -0.191. The lowest BCUT2D eigenvalue weighted by Gasteiger charge is -2.15. The van der Waals surface area contributed by atoms with Crippen molar-refractivity contribution in [2.45, 2.75) is 13.5 Å². The highest BCUT2D eigenvalue weighted by Gasteiger charge is 2.13. The Balaban J connectivity index is 1.87. The predicted molar refractivity (Wildman–Crippen MR) is 79.6 cm³/mol. The summed E-state index contributed by atoms with van der Waals surface area (Å²) in [5, 5.41) is 7.52. The van der Waals surface area contributed by atoms with Crippen LogP contribution in [0.25, 0.3) is 0 Å². The highest BCUT2D eigenvalue weighted by molar-refractivity contribution is 6.42. The fourth-order valence-corrected chi connectivity index (χ4v) is 1.87. The van der Waals surface area contributed by atoms with Gasteiger partial charge in [-0.3, -0.25) is 9.89 Å². The Hall–Kier alpha value is -1.79. The number of H-pyrrole nitrogens is 1. The lowest BCUT2D eigenvalue weighted by Crippen LogP contribution is -2.31. The number of halogens is 2. The monoisotopic (exact) mass is 328 g/mol. The molecule has 0 aliphatic rings. The van der Waals surface area contributed by atoms with Gasteiger partial charge in [0, 0.05) is 13.1 Å². The van der Waals surface area contributed by atoms with Gasteiger partial charge in [0.2, 0.25) is 0 Å². The van der Waals surface area contributed by atoms with Gasteiger partial charge in [0.25, 0.3) is 5.91 Å². The Morgan fingerprint density at radius 1 is 1.38 bits per heavy atom. The number of aromatic nitrogens is 3. The van der Waals surface area contributed by atoms with Crippen molar-refractivity contribution in [3.05, 3.63) is 39.9 Å². The maximum Gasteiger partial charge on any atom is 0.260 e. The summed E-state index contributed by atoms with van der Waals surface area (Å²) in [6.45, 7) is 2.01. The predicted octanol–water partition coefficient (Wildman–Crippen LogP) is 2.46. The smallest absolute Gasteiger partial charge is 0.260 e. The summed E-state index contributed by atoms with van der Waals surface area (Å²) in [5.74, 6) is 1.55. The number of aromatic amines is 1. The summed E-state index contributed by atoms with van der Waals surface area (Å²) in [7, 11) is 1.66.